The molecule has 3 aliphatic rings. The molecule has 15 heteroatoms. The Bertz CT molecular complexity index is 2190. The fraction of sp³-hybridized carbons (Fsp3) is 0.429. The molecule has 0 amide bonds. The van der Waals surface area contributed by atoms with Gasteiger partial charge in [-0.3, -0.25) is 18.9 Å². The second-order valence-corrected chi connectivity index (χ2v) is 14.2. The van der Waals surface area contributed by atoms with E-state index in [1.54, 1.807) is 50.3 Å². The Morgan fingerprint density at radius 1 is 1.06 bits per heavy atom. The van der Waals surface area contributed by atoms with Crippen LogP contribution in [0.2, 0.25) is 0 Å². The topological polar surface area (TPSA) is 148 Å². The number of anilines is 3. The molecule has 1 atom stereocenters. The van der Waals surface area contributed by atoms with Crippen molar-refractivity contribution in [1.29, 1.82) is 0 Å². The maximum atomic E-state index is 13.7. The third-order valence-corrected chi connectivity index (χ3v) is 10.1. The maximum Gasteiger partial charge on any atom is 0.297 e. The van der Waals surface area contributed by atoms with Crippen molar-refractivity contribution in [2.24, 2.45) is 12.5 Å². The van der Waals surface area contributed by atoms with Gasteiger partial charge in [-0.25, -0.2) is 15.0 Å². The third kappa shape index (κ3) is 5.87. The smallest absolute Gasteiger partial charge is 0.297 e. The van der Waals surface area contributed by atoms with Crippen molar-refractivity contribution in [3.63, 3.8) is 0 Å². The summed E-state index contributed by atoms with van der Waals surface area (Å²) in [5, 5.41) is 18.2. The van der Waals surface area contributed by atoms with Gasteiger partial charge in [-0.1, -0.05) is 13.8 Å². The zero-order valence-corrected chi connectivity index (χ0v) is 29.6. The summed E-state index contributed by atoms with van der Waals surface area (Å²) < 4.78 is 9.95. The first-order valence-electron chi connectivity index (χ1n) is 16.7. The fourth-order valence-electron chi connectivity index (χ4n) is 7.54. The lowest BCUT2D eigenvalue weighted by molar-refractivity contribution is -0.0691. The number of aliphatic hydroxyl groups is 1. The van der Waals surface area contributed by atoms with Crippen LogP contribution in [-0.4, -0.2) is 88.6 Å². The molecule has 0 bridgehead atoms. The van der Waals surface area contributed by atoms with Gasteiger partial charge in [0.25, 0.3) is 11.1 Å². The zero-order valence-electron chi connectivity index (χ0n) is 28.6. The van der Waals surface area contributed by atoms with Crippen LogP contribution in [0.25, 0.3) is 22.5 Å². The Labute approximate surface area is 295 Å². The SMILES string of the molecule is C[C@H]1CN(C2COC2)CCN1c1cnc(Nc2cc(-c3ccnc(-n4ncn5c6c(cc5c4=O)CC(C)(C)C6)c3CO)cn(C)c2=O)nc1.S. The lowest BCUT2D eigenvalue weighted by Gasteiger charge is -2.46. The Morgan fingerprint density at radius 3 is 2.54 bits per heavy atom. The third-order valence-electron chi connectivity index (χ3n) is 10.1. The number of pyridine rings is 2. The van der Waals surface area contributed by atoms with Gasteiger partial charge in [0.1, 0.15) is 17.5 Å². The van der Waals surface area contributed by atoms with Gasteiger partial charge in [0.05, 0.1) is 43.9 Å². The first-order valence-corrected chi connectivity index (χ1v) is 16.7. The number of nitrogens with one attached hydrogen (secondary N) is 1. The van der Waals surface area contributed by atoms with Crippen LogP contribution >= 0.6 is 13.5 Å². The van der Waals surface area contributed by atoms with Crippen LogP contribution in [-0.2, 0) is 31.2 Å². The molecule has 0 aromatic carbocycles. The molecule has 0 radical (unpaired) electrons. The summed E-state index contributed by atoms with van der Waals surface area (Å²) in [6.07, 6.45) is 10.2. The highest BCUT2D eigenvalue weighted by atomic mass is 32.1. The Morgan fingerprint density at radius 2 is 1.84 bits per heavy atom. The average molecular weight is 699 g/mol. The number of aliphatic hydroxyl groups excluding tert-OH is 1. The van der Waals surface area contributed by atoms with E-state index in [2.05, 4.69) is 55.9 Å². The molecule has 2 aliphatic heterocycles. The van der Waals surface area contributed by atoms with E-state index in [9.17, 15) is 14.7 Å². The van der Waals surface area contributed by atoms with Crippen molar-refractivity contribution >= 4 is 36.3 Å². The lowest BCUT2D eigenvalue weighted by atomic mass is 9.90. The zero-order chi connectivity index (χ0) is 34.0. The molecule has 2 saturated heterocycles. The van der Waals surface area contributed by atoms with Crippen LogP contribution in [0.1, 0.15) is 37.6 Å². The second-order valence-electron chi connectivity index (χ2n) is 14.2. The van der Waals surface area contributed by atoms with Crippen LogP contribution in [0.4, 0.5) is 17.3 Å². The molecular formula is C35H42N10O4S. The summed E-state index contributed by atoms with van der Waals surface area (Å²) >= 11 is 0. The number of rotatable bonds is 7. The number of hydrogen-bond donors (Lipinski definition) is 2. The standard InChI is InChI=1S/C35H40N10O4.H2S/c1-21-15-42(25-18-49-19-25)7-8-43(21)24-13-37-34(38-14-24)40-28-9-23(16-41(4)32(28)47)26-5-6-36-31(27(26)17-46)45-33(48)29-10-22-11-35(2,3)12-30(22)44(29)20-39-45;/h5-6,9-10,13-14,16,20-21,25,46H,7-8,11-12,15,17-19H2,1-4H3,(H,37,38,40);1H2/t21-;/m0./s1. The maximum absolute atomic E-state index is 13.7. The molecular weight excluding hydrogens is 657 g/mol. The predicted molar refractivity (Wildman–Crippen MR) is 195 cm³/mol. The van der Waals surface area contributed by atoms with Crippen molar-refractivity contribution in [3.8, 4) is 16.9 Å². The van der Waals surface area contributed by atoms with E-state index in [1.165, 1.54) is 9.25 Å². The summed E-state index contributed by atoms with van der Waals surface area (Å²) in [5.41, 5.74) is 5.18. The van der Waals surface area contributed by atoms with Gasteiger partial charge in [0.2, 0.25) is 5.95 Å². The van der Waals surface area contributed by atoms with Gasteiger partial charge in [0, 0.05) is 61.9 Å². The average Bonchev–Trinajstić information content (AvgIpc) is 3.55. The monoisotopic (exact) mass is 698 g/mol. The number of nitrogens with zero attached hydrogens (tertiary/aromatic N) is 9. The second kappa shape index (κ2) is 13.0. The minimum atomic E-state index is -0.402. The summed E-state index contributed by atoms with van der Waals surface area (Å²) in [6, 6.07) is 6.21. The number of aryl methyl sites for hydroxylation is 1. The van der Waals surface area contributed by atoms with Gasteiger partial charge in [-0.15, -0.1) is 0 Å². The molecule has 50 heavy (non-hydrogen) atoms. The van der Waals surface area contributed by atoms with E-state index in [0.717, 1.165) is 62.6 Å². The molecule has 2 fully saturated rings. The summed E-state index contributed by atoms with van der Waals surface area (Å²) in [4.78, 5) is 45.3. The van der Waals surface area contributed by atoms with Crippen molar-refractivity contribution < 1.29 is 9.84 Å². The molecule has 7 heterocycles. The fourth-order valence-corrected chi connectivity index (χ4v) is 7.54. The summed E-state index contributed by atoms with van der Waals surface area (Å²) in [6.45, 7) is 10.6. The van der Waals surface area contributed by atoms with Gasteiger partial charge >= 0.3 is 0 Å². The highest BCUT2D eigenvalue weighted by molar-refractivity contribution is 7.59. The van der Waals surface area contributed by atoms with E-state index in [-0.39, 0.29) is 41.5 Å². The van der Waals surface area contributed by atoms with Gasteiger partial charge in [0.15, 0.2) is 5.82 Å². The largest absolute Gasteiger partial charge is 0.392 e. The molecule has 262 valence electrons. The number of piperazine rings is 1. The van der Waals surface area contributed by atoms with E-state index in [0.29, 0.717) is 40.2 Å². The van der Waals surface area contributed by atoms with Crippen molar-refractivity contribution in [1.82, 2.24) is 38.6 Å². The minimum absolute atomic E-state index is 0. The lowest BCUT2D eigenvalue weighted by Crippen LogP contribution is -2.59. The molecule has 5 aromatic heterocycles. The van der Waals surface area contributed by atoms with Gasteiger partial charge in [-0.05, 0) is 54.5 Å². The Balaban J connectivity index is 0.00000392. The number of fused-ring (bicyclic) bond motifs is 3. The van der Waals surface area contributed by atoms with Crippen molar-refractivity contribution in [3.05, 3.63) is 86.8 Å². The van der Waals surface area contributed by atoms with Gasteiger partial charge in [-0.2, -0.15) is 23.3 Å². The van der Waals surface area contributed by atoms with Crippen LogP contribution in [0.15, 0.2) is 58.9 Å². The highest BCUT2D eigenvalue weighted by Crippen LogP contribution is 2.37. The molecule has 0 unspecified atom stereocenters. The highest BCUT2D eigenvalue weighted by Gasteiger charge is 2.33. The summed E-state index contributed by atoms with van der Waals surface area (Å²) in [7, 11) is 1.66. The van der Waals surface area contributed by atoms with E-state index in [1.807, 2.05) is 10.5 Å². The van der Waals surface area contributed by atoms with Crippen LogP contribution in [0, 0.1) is 5.41 Å². The van der Waals surface area contributed by atoms with Crippen molar-refractivity contribution in [2.45, 2.75) is 52.3 Å². The predicted octanol–water partition coefficient (Wildman–Crippen LogP) is 2.42. The van der Waals surface area contributed by atoms with Crippen LogP contribution < -0.4 is 21.3 Å². The molecule has 0 saturated carbocycles. The number of aromatic nitrogens is 7. The Hall–Kier alpha value is -4.57. The first-order chi connectivity index (χ1) is 23.6. The van der Waals surface area contributed by atoms with Crippen LogP contribution in [0.3, 0.4) is 0 Å². The quantitative estimate of drug-likeness (QED) is 0.258. The molecule has 0 spiro atoms. The molecule has 14 nitrogen and oxygen atoms in total. The normalized spacial score (nSPS) is 18.9. The first kappa shape index (κ1) is 33.9. The van der Waals surface area contributed by atoms with E-state index in [4.69, 9.17) is 4.74 Å². The molecule has 8 rings (SSSR count). The minimum Gasteiger partial charge on any atom is -0.392 e. The van der Waals surface area contributed by atoms with E-state index < -0.39 is 6.61 Å². The van der Waals surface area contributed by atoms with E-state index >= 15 is 0 Å². The number of hydrogen-bond acceptors (Lipinski definition) is 11. The Kier molecular flexibility index (Phi) is 8.78. The van der Waals surface area contributed by atoms with Crippen molar-refractivity contribution in [2.75, 3.05) is 43.1 Å². The molecule has 5 aromatic rings. The van der Waals surface area contributed by atoms with Gasteiger partial charge < -0.3 is 24.6 Å². The summed E-state index contributed by atoms with van der Waals surface area (Å²) in [5.74, 6) is 0.521. The molecule has 2 N–H and O–H groups in total. The molecule has 1 aliphatic carbocycles. The number of ether oxygens (including phenoxy) is 1. The van der Waals surface area contributed by atoms with Crippen LogP contribution in [0.5, 0.6) is 0 Å².